The van der Waals surface area contributed by atoms with E-state index >= 15 is 0 Å². The lowest BCUT2D eigenvalue weighted by Gasteiger charge is -2.21. The Hall–Kier alpha value is -0.0400. The lowest BCUT2D eigenvalue weighted by Crippen LogP contribution is -2.18. The zero-order chi connectivity index (χ0) is 7.40. The molecule has 0 aromatic carbocycles. The Morgan fingerprint density at radius 2 is 1.60 bits per heavy atom. The Morgan fingerprint density at radius 1 is 1.00 bits per heavy atom. The molecule has 0 aromatic heterocycles. The quantitative estimate of drug-likeness (QED) is 0.550. The number of aliphatic hydroxyl groups is 1. The molecule has 10 heavy (non-hydrogen) atoms. The highest BCUT2D eigenvalue weighted by atomic mass is 16.3. The van der Waals surface area contributed by atoms with Gasteiger partial charge in [-0.05, 0) is 18.8 Å². The highest BCUT2D eigenvalue weighted by Gasteiger charge is 2.15. The van der Waals surface area contributed by atoms with Crippen molar-refractivity contribution in [3.8, 4) is 0 Å². The standard InChI is InChI=1S/C9H18O/c1-8-6-4-2-3-5-7-9(8)10/h8-10H,2-7H2,1H3. The third-order valence-corrected chi connectivity index (χ3v) is 2.57. The van der Waals surface area contributed by atoms with E-state index in [1.54, 1.807) is 0 Å². The van der Waals surface area contributed by atoms with Crippen molar-refractivity contribution >= 4 is 0 Å². The van der Waals surface area contributed by atoms with Gasteiger partial charge in [0.15, 0.2) is 0 Å². The van der Waals surface area contributed by atoms with E-state index in [1.807, 2.05) is 0 Å². The van der Waals surface area contributed by atoms with Crippen LogP contribution in [-0.4, -0.2) is 11.2 Å². The van der Waals surface area contributed by atoms with Gasteiger partial charge in [-0.25, -0.2) is 0 Å². The van der Waals surface area contributed by atoms with Gasteiger partial charge in [0.2, 0.25) is 0 Å². The Labute approximate surface area is 63.4 Å². The monoisotopic (exact) mass is 142 g/mol. The van der Waals surface area contributed by atoms with Gasteiger partial charge in [0.25, 0.3) is 0 Å². The van der Waals surface area contributed by atoms with Crippen LogP contribution in [0.5, 0.6) is 0 Å². The summed E-state index contributed by atoms with van der Waals surface area (Å²) in [5, 5.41) is 9.48. The normalized spacial score (nSPS) is 36.6. The first kappa shape index (κ1) is 8.06. The van der Waals surface area contributed by atoms with Crippen LogP contribution in [0.4, 0.5) is 0 Å². The van der Waals surface area contributed by atoms with Crippen LogP contribution in [0.15, 0.2) is 0 Å². The number of rotatable bonds is 0. The first-order valence-electron chi connectivity index (χ1n) is 4.49. The summed E-state index contributed by atoms with van der Waals surface area (Å²) >= 11 is 0. The lowest BCUT2D eigenvalue weighted by molar-refractivity contribution is 0.0928. The summed E-state index contributed by atoms with van der Waals surface area (Å²) in [5.41, 5.74) is 0. The van der Waals surface area contributed by atoms with Crippen molar-refractivity contribution in [3.63, 3.8) is 0 Å². The number of hydrogen-bond donors (Lipinski definition) is 1. The zero-order valence-corrected chi connectivity index (χ0v) is 6.84. The van der Waals surface area contributed by atoms with Crippen molar-refractivity contribution < 1.29 is 5.11 Å². The minimum Gasteiger partial charge on any atom is -0.393 e. The molecule has 2 unspecified atom stereocenters. The van der Waals surface area contributed by atoms with E-state index in [4.69, 9.17) is 0 Å². The Kier molecular flexibility index (Phi) is 3.20. The van der Waals surface area contributed by atoms with E-state index in [9.17, 15) is 5.11 Å². The molecule has 1 N–H and O–H groups in total. The average Bonchev–Trinajstić information content (AvgIpc) is 1.92. The topological polar surface area (TPSA) is 20.2 Å². The van der Waals surface area contributed by atoms with Crippen LogP contribution in [0.2, 0.25) is 0 Å². The van der Waals surface area contributed by atoms with Crippen molar-refractivity contribution in [3.05, 3.63) is 0 Å². The van der Waals surface area contributed by atoms with Crippen molar-refractivity contribution in [1.82, 2.24) is 0 Å². The molecule has 0 radical (unpaired) electrons. The molecule has 0 heterocycles. The Balaban J connectivity index is 2.28. The van der Waals surface area contributed by atoms with Gasteiger partial charge in [-0.3, -0.25) is 0 Å². The molecule has 0 aliphatic heterocycles. The highest BCUT2D eigenvalue weighted by Crippen LogP contribution is 2.21. The first-order valence-corrected chi connectivity index (χ1v) is 4.49. The van der Waals surface area contributed by atoms with E-state index in [0.717, 1.165) is 6.42 Å². The summed E-state index contributed by atoms with van der Waals surface area (Å²) in [6.07, 6.45) is 7.48. The van der Waals surface area contributed by atoms with Crippen molar-refractivity contribution in [2.75, 3.05) is 0 Å². The Morgan fingerprint density at radius 3 is 2.30 bits per heavy atom. The first-order chi connectivity index (χ1) is 4.80. The zero-order valence-electron chi connectivity index (χ0n) is 6.84. The fraction of sp³-hybridized carbons (Fsp3) is 1.00. The van der Waals surface area contributed by atoms with Crippen LogP contribution in [0.1, 0.15) is 45.4 Å². The van der Waals surface area contributed by atoms with Gasteiger partial charge in [-0.15, -0.1) is 0 Å². The number of aliphatic hydroxyl groups excluding tert-OH is 1. The van der Waals surface area contributed by atoms with Crippen molar-refractivity contribution in [2.45, 2.75) is 51.6 Å². The molecule has 0 spiro atoms. The van der Waals surface area contributed by atoms with Crippen molar-refractivity contribution in [2.24, 2.45) is 5.92 Å². The van der Waals surface area contributed by atoms with Gasteiger partial charge < -0.3 is 5.11 Å². The van der Waals surface area contributed by atoms with E-state index in [2.05, 4.69) is 6.92 Å². The molecule has 60 valence electrons. The Bertz CT molecular complexity index is 78.7. The molecule has 1 aliphatic carbocycles. The molecule has 0 aromatic rings. The van der Waals surface area contributed by atoms with Gasteiger partial charge in [-0.1, -0.05) is 32.6 Å². The van der Waals surface area contributed by atoms with Crippen molar-refractivity contribution in [1.29, 1.82) is 0 Å². The fourth-order valence-corrected chi connectivity index (χ4v) is 1.65. The van der Waals surface area contributed by atoms with Crippen LogP contribution in [-0.2, 0) is 0 Å². The summed E-state index contributed by atoms with van der Waals surface area (Å²) in [4.78, 5) is 0. The van der Waals surface area contributed by atoms with Gasteiger partial charge in [0.05, 0.1) is 6.10 Å². The molecule has 1 fully saturated rings. The largest absolute Gasteiger partial charge is 0.393 e. The van der Waals surface area contributed by atoms with Crippen LogP contribution in [0.25, 0.3) is 0 Å². The summed E-state index contributed by atoms with van der Waals surface area (Å²) in [6, 6.07) is 0. The second-order valence-corrected chi connectivity index (χ2v) is 3.54. The molecule has 1 heteroatoms. The molecule has 0 amide bonds. The SMILES string of the molecule is CC1CCCCCCC1O. The highest BCUT2D eigenvalue weighted by molar-refractivity contribution is 4.67. The molecule has 1 aliphatic rings. The molecular weight excluding hydrogens is 124 g/mol. The summed E-state index contributed by atoms with van der Waals surface area (Å²) < 4.78 is 0. The summed E-state index contributed by atoms with van der Waals surface area (Å²) in [5.74, 6) is 0.542. The predicted octanol–water partition coefficient (Wildman–Crippen LogP) is 2.34. The molecule has 0 saturated heterocycles. The van der Waals surface area contributed by atoms with E-state index in [0.29, 0.717) is 5.92 Å². The maximum atomic E-state index is 9.48. The third-order valence-electron chi connectivity index (χ3n) is 2.57. The summed E-state index contributed by atoms with van der Waals surface area (Å²) in [6.45, 7) is 2.16. The maximum Gasteiger partial charge on any atom is 0.0565 e. The molecule has 2 atom stereocenters. The maximum absolute atomic E-state index is 9.48. The van der Waals surface area contributed by atoms with E-state index in [1.165, 1.54) is 32.1 Å². The third kappa shape index (κ3) is 2.30. The van der Waals surface area contributed by atoms with Crippen LogP contribution in [0.3, 0.4) is 0 Å². The van der Waals surface area contributed by atoms with Crippen LogP contribution in [0, 0.1) is 5.92 Å². The second-order valence-electron chi connectivity index (χ2n) is 3.54. The molecule has 1 nitrogen and oxygen atoms in total. The minimum atomic E-state index is -0.0136. The smallest absolute Gasteiger partial charge is 0.0565 e. The molecular formula is C9H18O. The molecule has 0 bridgehead atoms. The average molecular weight is 142 g/mol. The minimum absolute atomic E-state index is 0.0136. The fourth-order valence-electron chi connectivity index (χ4n) is 1.65. The van der Waals surface area contributed by atoms with Crippen LogP contribution >= 0.6 is 0 Å². The van der Waals surface area contributed by atoms with Gasteiger partial charge >= 0.3 is 0 Å². The van der Waals surface area contributed by atoms with E-state index in [-0.39, 0.29) is 6.10 Å². The van der Waals surface area contributed by atoms with Gasteiger partial charge in [0, 0.05) is 0 Å². The molecule has 1 saturated carbocycles. The predicted molar refractivity (Wildman–Crippen MR) is 42.9 cm³/mol. The lowest BCUT2D eigenvalue weighted by atomic mass is 9.90. The van der Waals surface area contributed by atoms with Gasteiger partial charge in [-0.2, -0.15) is 0 Å². The summed E-state index contributed by atoms with van der Waals surface area (Å²) in [7, 11) is 0. The number of hydrogen-bond acceptors (Lipinski definition) is 1. The van der Waals surface area contributed by atoms with Crippen LogP contribution < -0.4 is 0 Å². The van der Waals surface area contributed by atoms with E-state index < -0.39 is 0 Å². The molecule has 1 rings (SSSR count). The van der Waals surface area contributed by atoms with Gasteiger partial charge in [0.1, 0.15) is 0 Å². The second kappa shape index (κ2) is 3.97.